The Labute approximate surface area is 164 Å². The molecule has 11 heteroatoms. The number of ether oxygens (including phenoxy) is 1. The van der Waals surface area contributed by atoms with Crippen LogP contribution in [0.5, 0.6) is 5.75 Å². The second-order valence-corrected chi connectivity index (χ2v) is 7.39. The number of nitrogens with zero attached hydrogens (tertiary/aromatic N) is 1. The number of rotatable bonds is 7. The van der Waals surface area contributed by atoms with Gasteiger partial charge in [-0.1, -0.05) is 11.6 Å². The number of pyridine rings is 1. The normalized spacial score (nSPS) is 11.6. The number of carbonyl (C=O) groups excluding carboxylic acids is 1. The molecule has 3 N–H and O–H groups in total. The van der Waals surface area contributed by atoms with Crippen molar-refractivity contribution < 1.29 is 32.8 Å². The number of hydrogen-bond donors (Lipinski definition) is 3. The Morgan fingerprint density at radius 3 is 2.89 bits per heavy atom. The summed E-state index contributed by atoms with van der Waals surface area (Å²) < 4.78 is 26.2. The third-order valence-electron chi connectivity index (χ3n) is 3.70. The zero-order valence-corrected chi connectivity index (χ0v) is 16.2. The number of halogens is 1. The molecule has 2 aromatic heterocycles. The van der Waals surface area contributed by atoms with Gasteiger partial charge in [0, 0.05) is 36.6 Å². The average Bonchev–Trinajstić information content (AvgIpc) is 3.03. The average molecular weight is 427 g/mol. The lowest BCUT2D eigenvalue weighted by Crippen LogP contribution is -2.08. The summed E-state index contributed by atoms with van der Waals surface area (Å²) in [7, 11) is -4.71. The molecule has 0 aliphatic carbocycles. The van der Waals surface area contributed by atoms with E-state index in [2.05, 4.69) is 14.8 Å². The number of fused-ring (bicyclic) bond motifs is 1. The molecule has 0 saturated carbocycles. The van der Waals surface area contributed by atoms with Gasteiger partial charge in [-0.3, -0.25) is 9.78 Å². The standard InChI is InChI=1S/C17H16ClN2O7P/c1-10(21)20-14-4-6-25-15(14)8-11-7-13(18)12-3-2-5-19-16(12)17(11)26-9-27-28(22,23)24/h2-7H,8-9H2,1H3,(H,20,21)(H2,22,23,24). The van der Waals surface area contributed by atoms with Gasteiger partial charge in [-0.2, -0.15) is 0 Å². The minimum absolute atomic E-state index is 0.181. The topological polar surface area (TPSA) is 131 Å². The third-order valence-corrected chi connectivity index (χ3v) is 4.46. The molecule has 0 atom stereocenters. The SMILES string of the molecule is CC(=O)Nc1ccoc1Cc1cc(Cl)c2cccnc2c1OCOP(=O)(O)O. The Morgan fingerprint density at radius 2 is 2.18 bits per heavy atom. The van der Waals surface area contributed by atoms with Gasteiger partial charge in [-0.05, 0) is 18.2 Å². The van der Waals surface area contributed by atoms with E-state index in [0.717, 1.165) is 0 Å². The first-order chi connectivity index (χ1) is 13.2. The molecule has 0 aliphatic rings. The molecule has 0 saturated heterocycles. The number of furan rings is 1. The van der Waals surface area contributed by atoms with Gasteiger partial charge in [0.15, 0.2) is 12.5 Å². The smallest absolute Gasteiger partial charge is 0.467 e. The summed E-state index contributed by atoms with van der Waals surface area (Å²) in [6.07, 6.45) is 3.15. The molecule has 2 heterocycles. The quantitative estimate of drug-likeness (QED) is 0.386. The van der Waals surface area contributed by atoms with Gasteiger partial charge in [-0.25, -0.2) is 9.09 Å². The van der Waals surface area contributed by atoms with E-state index in [9.17, 15) is 9.36 Å². The Balaban J connectivity index is 2.01. The van der Waals surface area contributed by atoms with Gasteiger partial charge in [0.25, 0.3) is 0 Å². The minimum Gasteiger partial charge on any atom is -0.467 e. The molecule has 9 nitrogen and oxygen atoms in total. The molecule has 3 aromatic rings. The number of nitrogens with one attached hydrogen (secondary N) is 1. The zero-order chi connectivity index (χ0) is 20.3. The highest BCUT2D eigenvalue weighted by Crippen LogP contribution is 2.39. The van der Waals surface area contributed by atoms with Crippen molar-refractivity contribution >= 4 is 41.9 Å². The van der Waals surface area contributed by atoms with Crippen LogP contribution in [0.25, 0.3) is 10.9 Å². The maximum absolute atomic E-state index is 11.3. The second-order valence-electron chi connectivity index (χ2n) is 5.74. The van der Waals surface area contributed by atoms with E-state index in [1.807, 2.05) is 0 Å². The van der Waals surface area contributed by atoms with Crippen molar-refractivity contribution in [1.29, 1.82) is 0 Å². The molecular weight excluding hydrogens is 411 g/mol. The van der Waals surface area contributed by atoms with Gasteiger partial charge in [0.2, 0.25) is 5.91 Å². The first kappa shape index (κ1) is 20.3. The Kier molecular flexibility index (Phi) is 6.02. The highest BCUT2D eigenvalue weighted by atomic mass is 35.5. The molecule has 1 amide bonds. The number of carbonyl (C=O) groups is 1. The van der Waals surface area contributed by atoms with E-state index in [1.54, 1.807) is 24.3 Å². The number of hydrogen-bond acceptors (Lipinski definition) is 6. The molecule has 0 unspecified atom stereocenters. The van der Waals surface area contributed by atoms with E-state index >= 15 is 0 Å². The Morgan fingerprint density at radius 1 is 1.39 bits per heavy atom. The first-order valence-electron chi connectivity index (χ1n) is 7.97. The van der Waals surface area contributed by atoms with E-state index in [-0.39, 0.29) is 18.1 Å². The van der Waals surface area contributed by atoms with Crippen molar-refractivity contribution in [2.24, 2.45) is 0 Å². The molecule has 0 fully saturated rings. The van der Waals surface area contributed by atoms with Crippen LogP contribution < -0.4 is 10.1 Å². The van der Waals surface area contributed by atoms with Crippen molar-refractivity contribution in [1.82, 2.24) is 4.98 Å². The lowest BCUT2D eigenvalue weighted by Gasteiger charge is -2.15. The number of amides is 1. The molecule has 3 rings (SSSR count). The fourth-order valence-corrected chi connectivity index (χ4v) is 3.10. The summed E-state index contributed by atoms with van der Waals surface area (Å²) in [4.78, 5) is 33.3. The Bertz CT molecular complexity index is 1060. The highest BCUT2D eigenvalue weighted by Gasteiger charge is 2.19. The highest BCUT2D eigenvalue weighted by molar-refractivity contribution is 7.46. The molecule has 28 heavy (non-hydrogen) atoms. The predicted molar refractivity (Wildman–Crippen MR) is 101 cm³/mol. The summed E-state index contributed by atoms with van der Waals surface area (Å²) in [6, 6.07) is 6.68. The number of anilines is 1. The van der Waals surface area contributed by atoms with E-state index in [0.29, 0.717) is 32.9 Å². The van der Waals surface area contributed by atoms with Crippen LogP contribution >= 0.6 is 19.4 Å². The number of phosphoric ester groups is 1. The number of phosphoric acid groups is 1. The Hall–Kier alpha value is -2.42. The summed E-state index contributed by atoms with van der Waals surface area (Å²) in [5.41, 5.74) is 1.42. The molecule has 1 aromatic carbocycles. The van der Waals surface area contributed by atoms with E-state index in [1.165, 1.54) is 19.4 Å². The van der Waals surface area contributed by atoms with Crippen molar-refractivity contribution in [3.63, 3.8) is 0 Å². The fraction of sp³-hybridized carbons (Fsp3) is 0.176. The third kappa shape index (κ3) is 4.89. The van der Waals surface area contributed by atoms with E-state index < -0.39 is 14.6 Å². The van der Waals surface area contributed by atoms with Gasteiger partial charge in [0.1, 0.15) is 11.3 Å². The van der Waals surface area contributed by atoms with Crippen LogP contribution in [0.1, 0.15) is 18.2 Å². The monoisotopic (exact) mass is 426 g/mol. The van der Waals surface area contributed by atoms with Gasteiger partial charge in [0.05, 0.1) is 17.0 Å². The van der Waals surface area contributed by atoms with Gasteiger partial charge >= 0.3 is 7.82 Å². The minimum atomic E-state index is -4.71. The molecule has 0 aliphatic heterocycles. The van der Waals surface area contributed by atoms with Crippen LogP contribution in [0.2, 0.25) is 5.02 Å². The van der Waals surface area contributed by atoms with Crippen LogP contribution in [0.4, 0.5) is 5.69 Å². The van der Waals surface area contributed by atoms with Crippen molar-refractivity contribution in [2.45, 2.75) is 13.3 Å². The van der Waals surface area contributed by atoms with E-state index in [4.69, 9.17) is 30.5 Å². The first-order valence-corrected chi connectivity index (χ1v) is 9.88. The fourth-order valence-electron chi connectivity index (χ4n) is 2.63. The summed E-state index contributed by atoms with van der Waals surface area (Å²) in [6.45, 7) is 0.683. The van der Waals surface area contributed by atoms with Crippen molar-refractivity contribution in [2.75, 3.05) is 12.1 Å². The maximum Gasteiger partial charge on any atom is 0.472 e. The largest absolute Gasteiger partial charge is 0.472 e. The summed E-state index contributed by atoms with van der Waals surface area (Å²) >= 11 is 6.35. The molecule has 148 valence electrons. The lowest BCUT2D eigenvalue weighted by molar-refractivity contribution is -0.114. The van der Waals surface area contributed by atoms with Gasteiger partial charge in [-0.15, -0.1) is 0 Å². The number of benzene rings is 1. The summed E-state index contributed by atoms with van der Waals surface area (Å²) in [5, 5.41) is 3.67. The van der Waals surface area contributed by atoms with Crippen LogP contribution in [0.3, 0.4) is 0 Å². The molecular formula is C17H16ClN2O7P. The molecule has 0 spiro atoms. The number of aromatic nitrogens is 1. The second kappa shape index (κ2) is 8.30. The van der Waals surface area contributed by atoms with Crippen LogP contribution in [0.15, 0.2) is 41.1 Å². The van der Waals surface area contributed by atoms with Crippen LogP contribution in [-0.4, -0.2) is 27.5 Å². The summed E-state index contributed by atoms with van der Waals surface area (Å²) in [5.74, 6) is 0.424. The maximum atomic E-state index is 11.3. The van der Waals surface area contributed by atoms with Crippen LogP contribution in [0, 0.1) is 0 Å². The van der Waals surface area contributed by atoms with Crippen molar-refractivity contribution in [3.05, 3.63) is 53.1 Å². The van der Waals surface area contributed by atoms with Crippen molar-refractivity contribution in [3.8, 4) is 5.75 Å². The predicted octanol–water partition coefficient (Wildman–Crippen LogP) is 3.48. The molecule has 0 radical (unpaired) electrons. The van der Waals surface area contributed by atoms with Crippen LogP contribution in [-0.2, 0) is 20.3 Å². The molecule has 0 bridgehead atoms. The lowest BCUT2D eigenvalue weighted by atomic mass is 10.0. The zero-order valence-electron chi connectivity index (χ0n) is 14.6. The van der Waals surface area contributed by atoms with Gasteiger partial charge < -0.3 is 24.3 Å².